The Kier molecular flexibility index (Phi) is 5.66. The van der Waals surface area contributed by atoms with E-state index >= 15 is 0 Å². The molecule has 0 saturated carbocycles. The Bertz CT molecular complexity index is 464. The number of aromatic nitrogens is 1. The first kappa shape index (κ1) is 16.1. The molecule has 0 aromatic carbocycles. The molecule has 8 nitrogen and oxygen atoms in total. The predicted octanol–water partition coefficient (Wildman–Crippen LogP) is 1.75. The van der Waals surface area contributed by atoms with Gasteiger partial charge in [-0.05, 0) is 11.8 Å². The fourth-order valence-corrected chi connectivity index (χ4v) is 1.58. The molecule has 1 aromatic rings. The van der Waals surface area contributed by atoms with Crippen molar-refractivity contribution in [1.29, 1.82) is 0 Å². The molecule has 0 saturated heterocycles. The standard InChI is InChI=1S/C12H21N5O3/c1-12(2,4-5-20-3)8-14-10-6-9(17(18)19)7-11(15-10)16-13/h6-7H,4-5,8,13H2,1-3H3,(H2,14,15,16). The van der Waals surface area contributed by atoms with E-state index in [1.807, 2.05) is 0 Å². The van der Waals surface area contributed by atoms with E-state index in [0.29, 0.717) is 19.0 Å². The minimum Gasteiger partial charge on any atom is -0.385 e. The summed E-state index contributed by atoms with van der Waals surface area (Å²) >= 11 is 0. The van der Waals surface area contributed by atoms with E-state index in [9.17, 15) is 10.1 Å². The molecule has 1 rings (SSSR count). The molecule has 8 heteroatoms. The minimum absolute atomic E-state index is 0.0153. The van der Waals surface area contributed by atoms with Gasteiger partial charge in [-0.3, -0.25) is 10.1 Å². The van der Waals surface area contributed by atoms with Crippen LogP contribution in [0.1, 0.15) is 20.3 Å². The van der Waals surface area contributed by atoms with Crippen LogP contribution in [0, 0.1) is 15.5 Å². The van der Waals surface area contributed by atoms with Crippen molar-refractivity contribution in [3.05, 3.63) is 22.2 Å². The van der Waals surface area contributed by atoms with Crippen LogP contribution in [-0.2, 0) is 4.74 Å². The topological polar surface area (TPSA) is 115 Å². The van der Waals surface area contributed by atoms with Gasteiger partial charge in [0, 0.05) is 20.3 Å². The fraction of sp³-hybridized carbons (Fsp3) is 0.583. The lowest BCUT2D eigenvalue weighted by Crippen LogP contribution is -2.25. The number of rotatable bonds is 8. The van der Waals surface area contributed by atoms with E-state index < -0.39 is 4.92 Å². The van der Waals surface area contributed by atoms with Crippen molar-refractivity contribution in [2.75, 3.05) is 31.0 Å². The van der Waals surface area contributed by atoms with E-state index in [0.717, 1.165) is 6.42 Å². The molecule has 0 fully saturated rings. The largest absolute Gasteiger partial charge is 0.385 e. The highest BCUT2D eigenvalue weighted by Crippen LogP contribution is 2.24. The summed E-state index contributed by atoms with van der Waals surface area (Å²) in [5, 5.41) is 13.9. The summed E-state index contributed by atoms with van der Waals surface area (Å²) in [4.78, 5) is 14.5. The lowest BCUT2D eigenvalue weighted by Gasteiger charge is -2.24. The number of nitrogens with zero attached hydrogens (tertiary/aromatic N) is 2. The van der Waals surface area contributed by atoms with Crippen LogP contribution in [-0.4, -0.2) is 30.2 Å². The van der Waals surface area contributed by atoms with Gasteiger partial charge in [-0.15, -0.1) is 0 Å². The zero-order valence-corrected chi connectivity index (χ0v) is 12.0. The summed E-state index contributed by atoms with van der Waals surface area (Å²) in [5.74, 6) is 5.92. The number of nitrogen functional groups attached to an aromatic ring is 1. The van der Waals surface area contributed by atoms with Crippen molar-refractivity contribution < 1.29 is 9.66 Å². The molecule has 0 aliphatic rings. The third kappa shape index (κ3) is 4.98. The van der Waals surface area contributed by atoms with Crippen molar-refractivity contribution in [1.82, 2.24) is 4.98 Å². The number of hydrogen-bond donors (Lipinski definition) is 3. The number of anilines is 2. The van der Waals surface area contributed by atoms with E-state index in [4.69, 9.17) is 10.6 Å². The lowest BCUT2D eigenvalue weighted by atomic mass is 9.90. The number of nitrogens with one attached hydrogen (secondary N) is 2. The summed E-state index contributed by atoms with van der Waals surface area (Å²) in [7, 11) is 1.66. The van der Waals surface area contributed by atoms with Crippen molar-refractivity contribution in [3.8, 4) is 0 Å². The van der Waals surface area contributed by atoms with Gasteiger partial charge >= 0.3 is 0 Å². The monoisotopic (exact) mass is 283 g/mol. The molecule has 0 unspecified atom stereocenters. The molecule has 20 heavy (non-hydrogen) atoms. The molecule has 0 aliphatic carbocycles. The molecule has 4 N–H and O–H groups in total. The molecule has 1 heterocycles. The van der Waals surface area contributed by atoms with Crippen LogP contribution in [0.4, 0.5) is 17.3 Å². The smallest absolute Gasteiger partial charge is 0.276 e. The quantitative estimate of drug-likeness (QED) is 0.378. The number of ether oxygens (including phenoxy) is 1. The zero-order chi connectivity index (χ0) is 15.2. The summed E-state index contributed by atoms with van der Waals surface area (Å²) in [6.07, 6.45) is 0.868. The number of hydrazine groups is 1. The van der Waals surface area contributed by atoms with Gasteiger partial charge in [-0.2, -0.15) is 0 Å². The molecule has 0 spiro atoms. The van der Waals surface area contributed by atoms with Gasteiger partial charge in [0.1, 0.15) is 11.6 Å². The number of hydrogen-bond acceptors (Lipinski definition) is 7. The lowest BCUT2D eigenvalue weighted by molar-refractivity contribution is -0.384. The summed E-state index contributed by atoms with van der Waals surface area (Å²) in [6, 6.07) is 2.66. The number of pyridine rings is 1. The van der Waals surface area contributed by atoms with E-state index in [1.165, 1.54) is 12.1 Å². The van der Waals surface area contributed by atoms with Crippen LogP contribution in [0.2, 0.25) is 0 Å². The third-order valence-electron chi connectivity index (χ3n) is 2.90. The molecule has 0 amide bonds. The first-order valence-electron chi connectivity index (χ1n) is 6.24. The molecule has 0 radical (unpaired) electrons. The Morgan fingerprint density at radius 3 is 2.65 bits per heavy atom. The van der Waals surface area contributed by atoms with Crippen LogP contribution >= 0.6 is 0 Å². The maximum atomic E-state index is 10.8. The number of nitrogens with two attached hydrogens (primary N) is 1. The van der Waals surface area contributed by atoms with Crippen LogP contribution in [0.25, 0.3) is 0 Å². The second-order valence-corrected chi connectivity index (χ2v) is 5.26. The van der Waals surface area contributed by atoms with Crippen LogP contribution in [0.3, 0.4) is 0 Å². The van der Waals surface area contributed by atoms with Gasteiger partial charge < -0.3 is 15.5 Å². The van der Waals surface area contributed by atoms with Crippen LogP contribution < -0.4 is 16.6 Å². The molecule has 112 valence electrons. The predicted molar refractivity (Wildman–Crippen MR) is 77.5 cm³/mol. The Morgan fingerprint density at radius 1 is 1.45 bits per heavy atom. The second-order valence-electron chi connectivity index (χ2n) is 5.26. The Morgan fingerprint density at radius 2 is 2.10 bits per heavy atom. The van der Waals surface area contributed by atoms with Crippen molar-refractivity contribution in [2.45, 2.75) is 20.3 Å². The fourth-order valence-electron chi connectivity index (χ4n) is 1.58. The van der Waals surface area contributed by atoms with E-state index in [1.54, 1.807) is 7.11 Å². The van der Waals surface area contributed by atoms with Gasteiger partial charge in [0.25, 0.3) is 5.69 Å². The molecule has 0 bridgehead atoms. The highest BCUT2D eigenvalue weighted by molar-refractivity contribution is 5.54. The Labute approximate surface area is 117 Å². The summed E-state index contributed by atoms with van der Waals surface area (Å²) in [6.45, 7) is 5.44. The summed E-state index contributed by atoms with van der Waals surface area (Å²) in [5.41, 5.74) is 2.24. The first-order valence-corrected chi connectivity index (χ1v) is 6.24. The normalized spacial score (nSPS) is 11.2. The van der Waals surface area contributed by atoms with Gasteiger partial charge in [-0.1, -0.05) is 13.8 Å². The average Bonchev–Trinajstić information content (AvgIpc) is 2.42. The van der Waals surface area contributed by atoms with Gasteiger partial charge in [0.2, 0.25) is 0 Å². The molecule has 0 aliphatic heterocycles. The maximum Gasteiger partial charge on any atom is 0.276 e. The molecule has 0 atom stereocenters. The van der Waals surface area contributed by atoms with Gasteiger partial charge in [-0.25, -0.2) is 10.8 Å². The van der Waals surface area contributed by atoms with E-state index in [2.05, 4.69) is 29.6 Å². The SMILES string of the molecule is COCCC(C)(C)CNc1cc([N+](=O)[O-])cc(NN)n1. The third-order valence-corrected chi connectivity index (χ3v) is 2.90. The molecule has 1 aromatic heterocycles. The summed E-state index contributed by atoms with van der Waals surface area (Å²) < 4.78 is 5.06. The van der Waals surface area contributed by atoms with E-state index in [-0.39, 0.29) is 16.9 Å². The van der Waals surface area contributed by atoms with Gasteiger partial charge in [0.15, 0.2) is 0 Å². The van der Waals surface area contributed by atoms with Crippen molar-refractivity contribution in [2.24, 2.45) is 11.3 Å². The molecular weight excluding hydrogens is 262 g/mol. The van der Waals surface area contributed by atoms with Gasteiger partial charge in [0.05, 0.1) is 17.1 Å². The minimum atomic E-state index is -0.482. The second kappa shape index (κ2) is 7.01. The first-order chi connectivity index (χ1) is 9.38. The average molecular weight is 283 g/mol. The highest BCUT2D eigenvalue weighted by atomic mass is 16.6. The Hall–Kier alpha value is -1.93. The highest BCUT2D eigenvalue weighted by Gasteiger charge is 2.18. The zero-order valence-electron chi connectivity index (χ0n) is 12.0. The number of nitro groups is 1. The van der Waals surface area contributed by atoms with Crippen molar-refractivity contribution >= 4 is 17.3 Å². The maximum absolute atomic E-state index is 10.8. The molecular formula is C12H21N5O3. The number of methoxy groups -OCH3 is 1. The Balaban J connectivity index is 2.76. The van der Waals surface area contributed by atoms with Crippen LogP contribution in [0.15, 0.2) is 12.1 Å². The van der Waals surface area contributed by atoms with Crippen molar-refractivity contribution in [3.63, 3.8) is 0 Å². The van der Waals surface area contributed by atoms with Crippen LogP contribution in [0.5, 0.6) is 0 Å².